The Bertz CT molecular complexity index is 1010. The fourth-order valence-corrected chi connectivity index (χ4v) is 4.64. The molecule has 0 bridgehead atoms. The van der Waals surface area contributed by atoms with Gasteiger partial charge >= 0.3 is 0 Å². The predicted molar refractivity (Wildman–Crippen MR) is 112 cm³/mol. The van der Waals surface area contributed by atoms with Gasteiger partial charge in [-0.3, -0.25) is 19.3 Å². The van der Waals surface area contributed by atoms with Crippen molar-refractivity contribution >= 4 is 34.9 Å². The highest BCUT2D eigenvalue weighted by Crippen LogP contribution is 2.38. The van der Waals surface area contributed by atoms with Crippen LogP contribution in [0.25, 0.3) is 10.9 Å². The zero-order valence-corrected chi connectivity index (χ0v) is 17.2. The van der Waals surface area contributed by atoms with E-state index in [1.165, 1.54) is 19.0 Å². The van der Waals surface area contributed by atoms with Crippen LogP contribution < -0.4 is 5.43 Å². The third kappa shape index (κ3) is 4.08. The number of nitrogens with zero attached hydrogens (tertiary/aromatic N) is 2. The number of nitrogens with one attached hydrogen (secondary N) is 1. The van der Waals surface area contributed by atoms with Crippen LogP contribution in [0.2, 0.25) is 5.02 Å². The molecule has 1 saturated carbocycles. The molecule has 9 heteroatoms. The third-order valence-corrected chi connectivity index (χ3v) is 6.31. The molecule has 0 unspecified atom stereocenters. The minimum Gasteiger partial charge on any atom is -0.483 e. The van der Waals surface area contributed by atoms with Crippen molar-refractivity contribution in [3.05, 3.63) is 45.2 Å². The van der Waals surface area contributed by atoms with E-state index >= 15 is 0 Å². The molecule has 8 nitrogen and oxygen atoms in total. The van der Waals surface area contributed by atoms with Crippen LogP contribution in [0.4, 0.5) is 0 Å². The molecule has 1 aliphatic carbocycles. The number of carbonyl (C=O) groups excluding carboxylic acids is 1. The van der Waals surface area contributed by atoms with Crippen LogP contribution in [0.1, 0.15) is 23.2 Å². The summed E-state index contributed by atoms with van der Waals surface area (Å²) in [5.41, 5.74) is 0.583. The van der Waals surface area contributed by atoms with Crippen LogP contribution in [-0.4, -0.2) is 77.2 Å². The number of carbonyl (C=O) groups is 2. The lowest BCUT2D eigenvalue weighted by molar-refractivity contribution is -0.122. The number of carboxylic acid groups (broad SMARTS) is 1. The number of amides is 1. The first-order chi connectivity index (χ1) is 14.5. The number of aromatic nitrogens is 1. The Hall–Kier alpha value is -2.42. The molecule has 2 aliphatic heterocycles. The second kappa shape index (κ2) is 8.75. The highest BCUT2D eigenvalue weighted by Gasteiger charge is 2.43. The number of ether oxygens (including phenoxy) is 1. The lowest BCUT2D eigenvalue weighted by Gasteiger charge is -2.48. The summed E-state index contributed by atoms with van der Waals surface area (Å²) in [6, 6.07) is 5.75. The Labute approximate surface area is 178 Å². The molecule has 3 aliphatic rings. The number of piperazine rings is 1. The fourth-order valence-electron chi connectivity index (χ4n) is 4.47. The SMILES string of the molecule is O=C(c1c[nH]c2cc(Cl)ccc2c1=O)N1CCN2[C@@H](COC[C@@H]2C2CC2)C1.O=CO. The first-order valence-electron chi connectivity index (χ1n) is 10.0. The van der Waals surface area contributed by atoms with E-state index in [0.717, 1.165) is 19.1 Å². The molecule has 1 aromatic heterocycles. The van der Waals surface area contributed by atoms with E-state index in [0.29, 0.717) is 41.7 Å². The average Bonchev–Trinajstić information content (AvgIpc) is 3.58. The smallest absolute Gasteiger partial charge is 0.290 e. The number of pyridine rings is 1. The number of H-pyrrole nitrogens is 1. The minimum atomic E-state index is -0.250. The van der Waals surface area contributed by atoms with Crippen molar-refractivity contribution in [2.24, 2.45) is 5.92 Å². The van der Waals surface area contributed by atoms with Gasteiger partial charge in [0.15, 0.2) is 0 Å². The maximum absolute atomic E-state index is 13.1. The molecule has 1 aromatic carbocycles. The molecule has 5 rings (SSSR count). The number of hydrogen-bond acceptors (Lipinski definition) is 5. The van der Waals surface area contributed by atoms with Gasteiger partial charge in [0, 0.05) is 42.3 Å². The molecule has 2 N–H and O–H groups in total. The van der Waals surface area contributed by atoms with E-state index in [-0.39, 0.29) is 29.4 Å². The van der Waals surface area contributed by atoms with Gasteiger partial charge in [0.2, 0.25) is 5.43 Å². The molecular formula is C21H24ClN3O5. The van der Waals surface area contributed by atoms with Crippen molar-refractivity contribution in [1.29, 1.82) is 0 Å². The van der Waals surface area contributed by atoms with Gasteiger partial charge in [0.25, 0.3) is 12.4 Å². The Balaban J connectivity index is 0.000000687. The average molecular weight is 434 g/mol. The summed E-state index contributed by atoms with van der Waals surface area (Å²) >= 11 is 5.98. The van der Waals surface area contributed by atoms with Gasteiger partial charge in [-0.2, -0.15) is 0 Å². The molecule has 30 heavy (non-hydrogen) atoms. The maximum Gasteiger partial charge on any atom is 0.290 e. The van der Waals surface area contributed by atoms with Gasteiger partial charge in [0.1, 0.15) is 5.56 Å². The van der Waals surface area contributed by atoms with Crippen molar-refractivity contribution in [2.75, 3.05) is 32.8 Å². The standard InChI is InChI=1S/C20H22ClN3O3.CH2O2/c21-13-3-4-15-17(7-13)22-8-16(19(15)25)20(26)23-5-6-24-14(9-23)10-27-11-18(24)12-1-2-12;2-1-3/h3-4,7-8,12,14,18H,1-2,5-6,9-11H2,(H,22,25);1H,(H,2,3)/t14-,18-;/m1./s1. The van der Waals surface area contributed by atoms with Crippen molar-refractivity contribution in [3.8, 4) is 0 Å². The van der Waals surface area contributed by atoms with E-state index in [1.54, 1.807) is 23.1 Å². The monoisotopic (exact) mass is 433 g/mol. The van der Waals surface area contributed by atoms with E-state index in [1.807, 2.05) is 0 Å². The summed E-state index contributed by atoms with van der Waals surface area (Å²) in [5.74, 6) is 0.548. The molecule has 1 amide bonds. The van der Waals surface area contributed by atoms with Crippen LogP contribution in [0, 0.1) is 5.92 Å². The van der Waals surface area contributed by atoms with Crippen LogP contribution in [-0.2, 0) is 9.53 Å². The summed E-state index contributed by atoms with van der Waals surface area (Å²) in [6.07, 6.45) is 4.09. The van der Waals surface area contributed by atoms with Crippen molar-refractivity contribution in [3.63, 3.8) is 0 Å². The quantitative estimate of drug-likeness (QED) is 0.700. The molecule has 160 valence electrons. The van der Waals surface area contributed by atoms with Crippen LogP contribution >= 0.6 is 11.6 Å². The minimum absolute atomic E-state index is 0.189. The van der Waals surface area contributed by atoms with Crippen LogP contribution in [0.3, 0.4) is 0 Å². The van der Waals surface area contributed by atoms with Crippen molar-refractivity contribution in [1.82, 2.24) is 14.8 Å². The maximum atomic E-state index is 13.1. The largest absolute Gasteiger partial charge is 0.483 e. The normalized spacial score (nSPS) is 24.0. The van der Waals surface area contributed by atoms with Crippen LogP contribution in [0.15, 0.2) is 29.2 Å². The van der Waals surface area contributed by atoms with E-state index in [4.69, 9.17) is 26.2 Å². The van der Waals surface area contributed by atoms with Crippen LogP contribution in [0.5, 0.6) is 0 Å². The zero-order chi connectivity index (χ0) is 21.3. The van der Waals surface area contributed by atoms with E-state index in [9.17, 15) is 9.59 Å². The molecule has 3 heterocycles. The van der Waals surface area contributed by atoms with Gasteiger partial charge in [-0.25, -0.2) is 0 Å². The highest BCUT2D eigenvalue weighted by molar-refractivity contribution is 6.31. The van der Waals surface area contributed by atoms with Gasteiger partial charge in [-0.15, -0.1) is 0 Å². The molecule has 2 atom stereocenters. The number of aromatic amines is 1. The summed E-state index contributed by atoms with van der Waals surface area (Å²) in [4.78, 5) is 41.6. The lowest BCUT2D eigenvalue weighted by Crippen LogP contribution is -2.63. The summed E-state index contributed by atoms with van der Waals surface area (Å²) in [7, 11) is 0. The van der Waals surface area contributed by atoms with Gasteiger partial charge in [0.05, 0.1) is 24.8 Å². The molecule has 2 saturated heterocycles. The fraction of sp³-hybridized carbons (Fsp3) is 0.476. The van der Waals surface area contributed by atoms with E-state index < -0.39 is 0 Å². The topological polar surface area (TPSA) is 103 Å². The number of halogens is 1. The molecule has 3 fully saturated rings. The second-order valence-electron chi connectivity index (χ2n) is 7.91. The zero-order valence-electron chi connectivity index (χ0n) is 16.4. The summed E-state index contributed by atoms with van der Waals surface area (Å²) < 4.78 is 5.82. The Morgan fingerprint density at radius 3 is 2.77 bits per heavy atom. The Morgan fingerprint density at radius 2 is 2.03 bits per heavy atom. The highest BCUT2D eigenvalue weighted by atomic mass is 35.5. The van der Waals surface area contributed by atoms with Gasteiger partial charge < -0.3 is 19.7 Å². The first-order valence-corrected chi connectivity index (χ1v) is 10.4. The predicted octanol–water partition coefficient (Wildman–Crippen LogP) is 1.82. The van der Waals surface area contributed by atoms with Crippen molar-refractivity contribution < 1.29 is 19.4 Å². The number of morpholine rings is 1. The molecule has 0 radical (unpaired) electrons. The second-order valence-corrected chi connectivity index (χ2v) is 8.35. The molecule has 2 aromatic rings. The summed E-state index contributed by atoms with van der Waals surface area (Å²) in [6.45, 7) is 3.32. The third-order valence-electron chi connectivity index (χ3n) is 6.08. The lowest BCUT2D eigenvalue weighted by atomic mass is 10.0. The molecule has 0 spiro atoms. The van der Waals surface area contributed by atoms with Gasteiger partial charge in [-0.1, -0.05) is 11.6 Å². The number of benzene rings is 1. The van der Waals surface area contributed by atoms with Gasteiger partial charge in [-0.05, 0) is 37.0 Å². The Morgan fingerprint density at radius 1 is 1.27 bits per heavy atom. The van der Waals surface area contributed by atoms with E-state index in [2.05, 4.69) is 9.88 Å². The number of hydrogen-bond donors (Lipinski definition) is 2. The number of rotatable bonds is 2. The van der Waals surface area contributed by atoms with Crippen molar-refractivity contribution in [2.45, 2.75) is 24.9 Å². The first kappa shape index (κ1) is 20.8. The Kier molecular flexibility index (Phi) is 6.08. The molecular weight excluding hydrogens is 410 g/mol. The summed E-state index contributed by atoms with van der Waals surface area (Å²) in [5, 5.41) is 7.93. The number of fused-ring (bicyclic) bond motifs is 2.